The summed E-state index contributed by atoms with van der Waals surface area (Å²) in [6, 6.07) is 23.6. The van der Waals surface area contributed by atoms with Crippen LogP contribution in [0.25, 0.3) is 10.8 Å². The van der Waals surface area contributed by atoms with Crippen molar-refractivity contribution < 1.29 is 14.7 Å². The van der Waals surface area contributed by atoms with E-state index >= 15 is 0 Å². The third-order valence-electron chi connectivity index (χ3n) is 6.79. The van der Waals surface area contributed by atoms with E-state index < -0.39 is 5.91 Å². The Morgan fingerprint density at radius 3 is 2.33 bits per heavy atom. The molecule has 7 nitrogen and oxygen atoms in total. The highest BCUT2D eigenvalue weighted by Gasteiger charge is 2.22. The van der Waals surface area contributed by atoms with E-state index in [1.165, 1.54) is 18.2 Å². The SMILES string of the molecule is O=C(N/N=C/c1ccc(CC(=O)N2CCN(c3ccc(Cl)cc3)CC2)c2ccccc12)c1ccc(O)c(Cl)c1. The van der Waals surface area contributed by atoms with Crippen LogP contribution in [-0.2, 0) is 11.2 Å². The van der Waals surface area contributed by atoms with Gasteiger partial charge in [-0.3, -0.25) is 9.59 Å². The van der Waals surface area contributed by atoms with Crippen LogP contribution < -0.4 is 10.3 Å². The zero-order chi connectivity index (χ0) is 27.4. The minimum Gasteiger partial charge on any atom is -0.506 e. The standard InChI is InChI=1S/C30H26Cl2N4O3/c31-23-8-10-24(11-9-23)35-13-15-36(16-14-35)29(38)18-20-5-6-22(26-4-2-1-3-25(20)26)19-33-34-30(39)21-7-12-28(37)27(32)17-21/h1-12,17,19,37H,13-16,18H2,(H,34,39)/b33-19+. The van der Waals surface area contributed by atoms with E-state index in [1.54, 1.807) is 6.21 Å². The molecule has 1 saturated heterocycles. The number of phenolic OH excluding ortho intramolecular Hbond substituents is 1. The quantitative estimate of drug-likeness (QED) is 0.240. The lowest BCUT2D eigenvalue weighted by Crippen LogP contribution is -2.49. The number of nitrogens with one attached hydrogen (secondary N) is 1. The van der Waals surface area contributed by atoms with Gasteiger partial charge in [-0.1, -0.05) is 59.6 Å². The first-order chi connectivity index (χ1) is 18.9. The third-order valence-corrected chi connectivity index (χ3v) is 7.35. The molecule has 0 spiro atoms. The van der Waals surface area contributed by atoms with Crippen LogP contribution in [0.5, 0.6) is 5.75 Å². The average Bonchev–Trinajstić information content (AvgIpc) is 2.96. The Balaban J connectivity index is 1.24. The second-order valence-electron chi connectivity index (χ2n) is 9.25. The maximum atomic E-state index is 13.2. The van der Waals surface area contributed by atoms with Gasteiger partial charge in [-0.2, -0.15) is 5.10 Å². The highest BCUT2D eigenvalue weighted by molar-refractivity contribution is 6.32. The number of phenols is 1. The molecular formula is C30H26Cl2N4O3. The number of halogens is 2. The number of hydrogen-bond donors (Lipinski definition) is 2. The number of hydrogen-bond acceptors (Lipinski definition) is 5. The summed E-state index contributed by atoms with van der Waals surface area (Å²) in [5, 5.41) is 16.3. The van der Waals surface area contributed by atoms with Crippen molar-refractivity contribution in [2.75, 3.05) is 31.1 Å². The zero-order valence-corrected chi connectivity index (χ0v) is 22.5. The van der Waals surface area contributed by atoms with Gasteiger partial charge in [0, 0.05) is 48.0 Å². The first-order valence-electron chi connectivity index (χ1n) is 12.5. The number of nitrogens with zero attached hydrogens (tertiary/aromatic N) is 3. The summed E-state index contributed by atoms with van der Waals surface area (Å²) in [7, 11) is 0. The number of anilines is 1. The minimum atomic E-state index is -0.448. The Hall–Kier alpha value is -4.07. The third kappa shape index (κ3) is 6.16. The number of rotatable bonds is 6. The van der Waals surface area contributed by atoms with Crippen molar-refractivity contribution >= 4 is 57.7 Å². The molecule has 1 fully saturated rings. The average molecular weight is 561 g/mol. The van der Waals surface area contributed by atoms with Gasteiger partial charge in [0.15, 0.2) is 0 Å². The van der Waals surface area contributed by atoms with E-state index in [-0.39, 0.29) is 22.2 Å². The van der Waals surface area contributed by atoms with Gasteiger partial charge >= 0.3 is 0 Å². The fraction of sp³-hybridized carbons (Fsp3) is 0.167. The Kier molecular flexibility index (Phi) is 8.00. The Morgan fingerprint density at radius 1 is 0.897 bits per heavy atom. The first kappa shape index (κ1) is 26.5. The van der Waals surface area contributed by atoms with E-state index in [1.807, 2.05) is 65.6 Å². The highest BCUT2D eigenvalue weighted by atomic mass is 35.5. The molecule has 0 radical (unpaired) electrons. The molecule has 0 atom stereocenters. The molecule has 2 N–H and O–H groups in total. The number of amides is 2. The van der Waals surface area contributed by atoms with E-state index in [4.69, 9.17) is 23.2 Å². The van der Waals surface area contributed by atoms with E-state index in [9.17, 15) is 14.7 Å². The Bertz CT molecular complexity index is 1550. The molecule has 2 amide bonds. The van der Waals surface area contributed by atoms with Crippen LogP contribution in [-0.4, -0.2) is 54.2 Å². The van der Waals surface area contributed by atoms with Gasteiger partial charge in [0.25, 0.3) is 5.91 Å². The number of benzene rings is 4. The van der Waals surface area contributed by atoms with Crippen molar-refractivity contribution in [3.63, 3.8) is 0 Å². The van der Waals surface area contributed by atoms with E-state index in [2.05, 4.69) is 15.4 Å². The molecular weight excluding hydrogens is 535 g/mol. The Labute approximate surface area is 236 Å². The predicted octanol–water partition coefficient (Wildman–Crippen LogP) is 5.51. The van der Waals surface area contributed by atoms with Gasteiger partial charge in [-0.25, -0.2) is 5.43 Å². The lowest BCUT2D eigenvalue weighted by atomic mass is 9.97. The maximum Gasteiger partial charge on any atom is 0.271 e. The van der Waals surface area contributed by atoms with Crippen molar-refractivity contribution in [2.45, 2.75) is 6.42 Å². The molecule has 4 aromatic carbocycles. The van der Waals surface area contributed by atoms with Crippen LogP contribution in [0.3, 0.4) is 0 Å². The molecule has 1 aliphatic rings. The lowest BCUT2D eigenvalue weighted by molar-refractivity contribution is -0.130. The monoisotopic (exact) mass is 560 g/mol. The van der Waals surface area contributed by atoms with Crippen LogP contribution >= 0.6 is 23.2 Å². The van der Waals surface area contributed by atoms with Crippen LogP contribution in [0.1, 0.15) is 21.5 Å². The van der Waals surface area contributed by atoms with Crippen molar-refractivity contribution in [1.82, 2.24) is 10.3 Å². The molecule has 0 bridgehead atoms. The fourth-order valence-electron chi connectivity index (χ4n) is 4.67. The summed E-state index contributed by atoms with van der Waals surface area (Å²) in [5.74, 6) is -0.449. The summed E-state index contributed by atoms with van der Waals surface area (Å²) < 4.78 is 0. The molecule has 0 unspecified atom stereocenters. The normalized spacial score (nSPS) is 13.7. The topological polar surface area (TPSA) is 85.2 Å². The second kappa shape index (κ2) is 11.8. The Morgan fingerprint density at radius 2 is 1.62 bits per heavy atom. The van der Waals surface area contributed by atoms with Crippen molar-refractivity contribution in [2.24, 2.45) is 5.10 Å². The second-order valence-corrected chi connectivity index (χ2v) is 10.1. The highest BCUT2D eigenvalue weighted by Crippen LogP contribution is 2.25. The number of fused-ring (bicyclic) bond motifs is 1. The van der Waals surface area contributed by atoms with Crippen LogP contribution in [0, 0.1) is 0 Å². The largest absolute Gasteiger partial charge is 0.506 e. The van der Waals surface area contributed by atoms with E-state index in [0.717, 1.165) is 40.7 Å². The van der Waals surface area contributed by atoms with Crippen molar-refractivity contribution in [1.29, 1.82) is 0 Å². The molecule has 39 heavy (non-hydrogen) atoms. The van der Waals surface area contributed by atoms with Crippen molar-refractivity contribution in [3.8, 4) is 5.75 Å². The first-order valence-corrected chi connectivity index (χ1v) is 13.3. The molecule has 0 aliphatic carbocycles. The van der Waals surface area contributed by atoms with Crippen LogP contribution in [0.4, 0.5) is 5.69 Å². The summed E-state index contributed by atoms with van der Waals surface area (Å²) in [6.45, 7) is 2.86. The fourth-order valence-corrected chi connectivity index (χ4v) is 4.97. The number of carbonyl (C=O) groups is 2. The molecule has 0 aromatic heterocycles. The molecule has 0 saturated carbocycles. The van der Waals surface area contributed by atoms with E-state index in [0.29, 0.717) is 24.5 Å². The molecule has 5 rings (SSSR count). The van der Waals surface area contributed by atoms with Gasteiger partial charge in [-0.15, -0.1) is 0 Å². The lowest BCUT2D eigenvalue weighted by Gasteiger charge is -2.36. The summed E-state index contributed by atoms with van der Waals surface area (Å²) >= 11 is 11.9. The van der Waals surface area contributed by atoms with Crippen molar-refractivity contribution in [3.05, 3.63) is 106 Å². The number of piperazine rings is 1. The van der Waals surface area contributed by atoms with Gasteiger partial charge in [0.05, 0.1) is 17.7 Å². The zero-order valence-electron chi connectivity index (χ0n) is 21.0. The number of aromatic hydroxyl groups is 1. The van der Waals surface area contributed by atoms with Crippen LogP contribution in [0.15, 0.2) is 84.0 Å². The molecule has 198 valence electrons. The maximum absolute atomic E-state index is 13.2. The summed E-state index contributed by atoms with van der Waals surface area (Å²) in [6.07, 6.45) is 1.88. The van der Waals surface area contributed by atoms with Crippen LogP contribution in [0.2, 0.25) is 10.0 Å². The molecule has 9 heteroatoms. The van der Waals surface area contributed by atoms with Gasteiger partial charge in [0.2, 0.25) is 5.91 Å². The molecule has 1 heterocycles. The van der Waals surface area contributed by atoms with Gasteiger partial charge in [-0.05, 0) is 58.8 Å². The predicted molar refractivity (Wildman–Crippen MR) is 156 cm³/mol. The summed E-state index contributed by atoms with van der Waals surface area (Å²) in [5.41, 5.74) is 5.62. The molecule has 1 aliphatic heterocycles. The molecule has 4 aromatic rings. The van der Waals surface area contributed by atoms with Gasteiger partial charge < -0.3 is 14.9 Å². The number of carbonyl (C=O) groups excluding carboxylic acids is 2. The van der Waals surface area contributed by atoms with Gasteiger partial charge in [0.1, 0.15) is 5.75 Å². The number of hydrazone groups is 1. The summed E-state index contributed by atoms with van der Waals surface area (Å²) in [4.78, 5) is 29.8. The smallest absolute Gasteiger partial charge is 0.271 e. The minimum absolute atomic E-state index is 0.0891.